The SMILES string of the molecule is CCC([CH]C1CCNCC1)C1CCNC1. The quantitative estimate of drug-likeness (QED) is 0.738. The molecular weight excluding hydrogens is 184 g/mol. The third-order valence-corrected chi connectivity index (χ3v) is 4.08. The molecule has 15 heavy (non-hydrogen) atoms. The number of rotatable bonds is 4. The molecule has 2 N–H and O–H groups in total. The van der Waals surface area contributed by atoms with Gasteiger partial charge in [-0.2, -0.15) is 0 Å². The first-order valence-corrected chi connectivity index (χ1v) is 6.66. The van der Waals surface area contributed by atoms with Gasteiger partial charge in [-0.1, -0.05) is 13.3 Å². The third-order valence-electron chi connectivity index (χ3n) is 4.08. The van der Waals surface area contributed by atoms with E-state index in [0.29, 0.717) is 0 Å². The zero-order valence-electron chi connectivity index (χ0n) is 9.97. The van der Waals surface area contributed by atoms with Crippen LogP contribution < -0.4 is 10.6 Å². The molecule has 2 unspecified atom stereocenters. The summed E-state index contributed by atoms with van der Waals surface area (Å²) in [5.74, 6) is 2.67. The van der Waals surface area contributed by atoms with Crippen LogP contribution in [0.2, 0.25) is 0 Å². The van der Waals surface area contributed by atoms with Gasteiger partial charge in [0, 0.05) is 0 Å². The monoisotopic (exact) mass is 209 g/mol. The van der Waals surface area contributed by atoms with E-state index in [1.165, 1.54) is 51.9 Å². The van der Waals surface area contributed by atoms with Crippen molar-refractivity contribution >= 4 is 0 Å². The molecule has 2 atom stereocenters. The van der Waals surface area contributed by atoms with Gasteiger partial charge >= 0.3 is 0 Å². The maximum atomic E-state index is 3.49. The predicted octanol–water partition coefficient (Wildman–Crippen LogP) is 1.83. The van der Waals surface area contributed by atoms with Gasteiger partial charge in [-0.05, 0) is 69.6 Å². The van der Waals surface area contributed by atoms with Crippen molar-refractivity contribution in [3.63, 3.8) is 0 Å². The first kappa shape index (κ1) is 11.4. The Balaban J connectivity index is 1.78. The molecule has 2 aliphatic heterocycles. The third kappa shape index (κ3) is 3.18. The lowest BCUT2D eigenvalue weighted by Crippen LogP contribution is -2.30. The topological polar surface area (TPSA) is 24.1 Å². The molecule has 2 rings (SSSR count). The standard InChI is InChI=1S/C13H25N2/c1-2-12(13-5-8-15-10-13)9-11-3-6-14-7-4-11/h9,11-15H,2-8,10H2,1H3. The Morgan fingerprint density at radius 1 is 1.13 bits per heavy atom. The lowest BCUT2D eigenvalue weighted by Gasteiger charge is -2.29. The van der Waals surface area contributed by atoms with Crippen LogP contribution in [0.4, 0.5) is 0 Å². The minimum atomic E-state index is 0.864. The van der Waals surface area contributed by atoms with Gasteiger partial charge in [0.2, 0.25) is 0 Å². The summed E-state index contributed by atoms with van der Waals surface area (Å²) in [7, 11) is 0. The second kappa shape index (κ2) is 5.86. The molecule has 87 valence electrons. The number of piperidine rings is 1. The van der Waals surface area contributed by atoms with E-state index in [4.69, 9.17) is 0 Å². The second-order valence-electron chi connectivity index (χ2n) is 5.10. The summed E-state index contributed by atoms with van der Waals surface area (Å²) in [5.41, 5.74) is 0. The Hall–Kier alpha value is -0.0800. The van der Waals surface area contributed by atoms with Crippen molar-refractivity contribution in [3.05, 3.63) is 6.42 Å². The molecule has 0 aliphatic carbocycles. The molecule has 0 aromatic carbocycles. The van der Waals surface area contributed by atoms with Gasteiger partial charge in [-0.25, -0.2) is 0 Å². The molecule has 2 heterocycles. The molecule has 0 aromatic rings. The maximum absolute atomic E-state index is 3.49. The average Bonchev–Trinajstić information content (AvgIpc) is 2.81. The Morgan fingerprint density at radius 3 is 2.47 bits per heavy atom. The van der Waals surface area contributed by atoms with Crippen LogP contribution in [0.1, 0.15) is 32.6 Å². The number of hydrogen-bond acceptors (Lipinski definition) is 2. The van der Waals surface area contributed by atoms with Crippen LogP contribution in [-0.4, -0.2) is 26.2 Å². The Morgan fingerprint density at radius 2 is 1.87 bits per heavy atom. The normalized spacial score (nSPS) is 30.6. The maximum Gasteiger partial charge on any atom is -0.00173 e. The molecular formula is C13H25N2. The highest BCUT2D eigenvalue weighted by molar-refractivity contribution is 4.91. The molecule has 0 aromatic heterocycles. The molecule has 2 aliphatic rings. The fraction of sp³-hybridized carbons (Fsp3) is 0.923. The van der Waals surface area contributed by atoms with Crippen molar-refractivity contribution in [2.24, 2.45) is 17.8 Å². The van der Waals surface area contributed by atoms with E-state index in [1.54, 1.807) is 0 Å². The highest BCUT2D eigenvalue weighted by atomic mass is 14.9. The number of nitrogens with one attached hydrogen (secondary N) is 2. The van der Waals surface area contributed by atoms with E-state index in [0.717, 1.165) is 17.8 Å². The molecule has 2 nitrogen and oxygen atoms in total. The van der Waals surface area contributed by atoms with Gasteiger partial charge in [0.25, 0.3) is 0 Å². The summed E-state index contributed by atoms with van der Waals surface area (Å²) in [4.78, 5) is 0. The van der Waals surface area contributed by atoms with Crippen molar-refractivity contribution in [1.82, 2.24) is 10.6 Å². The van der Waals surface area contributed by atoms with Crippen molar-refractivity contribution in [3.8, 4) is 0 Å². The van der Waals surface area contributed by atoms with Gasteiger partial charge in [0.15, 0.2) is 0 Å². The van der Waals surface area contributed by atoms with Crippen LogP contribution in [0, 0.1) is 24.2 Å². The fourth-order valence-corrected chi connectivity index (χ4v) is 3.06. The molecule has 2 saturated heterocycles. The van der Waals surface area contributed by atoms with E-state index >= 15 is 0 Å². The smallest absolute Gasteiger partial charge is 0.00173 e. The van der Waals surface area contributed by atoms with Gasteiger partial charge in [0.1, 0.15) is 0 Å². The highest BCUT2D eigenvalue weighted by Crippen LogP contribution is 2.30. The van der Waals surface area contributed by atoms with Crippen LogP contribution in [0.15, 0.2) is 0 Å². The Labute approximate surface area is 94.2 Å². The van der Waals surface area contributed by atoms with Crippen LogP contribution in [0.5, 0.6) is 0 Å². The molecule has 0 amide bonds. The second-order valence-corrected chi connectivity index (χ2v) is 5.10. The van der Waals surface area contributed by atoms with Gasteiger partial charge in [-0.3, -0.25) is 0 Å². The minimum Gasteiger partial charge on any atom is -0.317 e. The summed E-state index contributed by atoms with van der Waals surface area (Å²) < 4.78 is 0. The van der Waals surface area contributed by atoms with Crippen LogP contribution in [-0.2, 0) is 0 Å². The van der Waals surface area contributed by atoms with E-state index < -0.39 is 0 Å². The van der Waals surface area contributed by atoms with Crippen molar-refractivity contribution in [2.75, 3.05) is 26.2 Å². The molecule has 2 heteroatoms. The molecule has 0 spiro atoms. The molecule has 0 bridgehead atoms. The van der Waals surface area contributed by atoms with Crippen molar-refractivity contribution in [1.29, 1.82) is 0 Å². The summed E-state index contributed by atoms with van der Waals surface area (Å²) in [6, 6.07) is 0. The fourth-order valence-electron chi connectivity index (χ4n) is 3.06. The molecule has 0 saturated carbocycles. The van der Waals surface area contributed by atoms with Gasteiger partial charge < -0.3 is 10.6 Å². The van der Waals surface area contributed by atoms with E-state index in [9.17, 15) is 0 Å². The van der Waals surface area contributed by atoms with E-state index in [-0.39, 0.29) is 0 Å². The van der Waals surface area contributed by atoms with Crippen LogP contribution in [0.3, 0.4) is 0 Å². The largest absolute Gasteiger partial charge is 0.317 e. The van der Waals surface area contributed by atoms with E-state index in [2.05, 4.69) is 24.0 Å². The van der Waals surface area contributed by atoms with Crippen LogP contribution in [0.25, 0.3) is 0 Å². The minimum absolute atomic E-state index is 0.864. The zero-order valence-corrected chi connectivity index (χ0v) is 9.97. The first-order chi connectivity index (χ1) is 7.40. The summed E-state index contributed by atoms with van der Waals surface area (Å²) in [5, 5.41) is 6.94. The van der Waals surface area contributed by atoms with Gasteiger partial charge in [-0.15, -0.1) is 0 Å². The van der Waals surface area contributed by atoms with Gasteiger partial charge in [0.05, 0.1) is 0 Å². The summed E-state index contributed by atoms with van der Waals surface area (Å²) in [6.45, 7) is 7.28. The highest BCUT2D eigenvalue weighted by Gasteiger charge is 2.26. The van der Waals surface area contributed by atoms with Crippen molar-refractivity contribution < 1.29 is 0 Å². The lowest BCUT2D eigenvalue weighted by atomic mass is 9.79. The van der Waals surface area contributed by atoms with Crippen molar-refractivity contribution in [2.45, 2.75) is 32.6 Å². The zero-order chi connectivity index (χ0) is 10.5. The Bertz CT molecular complexity index is 169. The average molecular weight is 209 g/mol. The molecule has 1 radical (unpaired) electrons. The first-order valence-electron chi connectivity index (χ1n) is 6.66. The summed E-state index contributed by atoms with van der Waals surface area (Å²) in [6.07, 6.45) is 8.11. The summed E-state index contributed by atoms with van der Waals surface area (Å²) >= 11 is 0. The lowest BCUT2D eigenvalue weighted by molar-refractivity contribution is 0.318. The number of hydrogen-bond donors (Lipinski definition) is 2. The van der Waals surface area contributed by atoms with Crippen LogP contribution >= 0.6 is 0 Å². The van der Waals surface area contributed by atoms with E-state index in [1.807, 2.05) is 0 Å². The Kier molecular flexibility index (Phi) is 4.45. The predicted molar refractivity (Wildman–Crippen MR) is 64.7 cm³/mol. The molecule has 2 fully saturated rings.